The molecular formula is C9H7Cl2IO. The largest absolute Gasteiger partial charge is 0.292 e. The van der Waals surface area contributed by atoms with Crippen LogP contribution in [-0.4, -0.2) is 11.2 Å². The Morgan fingerprint density at radius 2 is 2.15 bits per heavy atom. The van der Waals surface area contributed by atoms with Gasteiger partial charge in [-0.2, -0.15) is 0 Å². The van der Waals surface area contributed by atoms with Gasteiger partial charge in [-0.05, 0) is 35.6 Å². The average Bonchev–Trinajstić information content (AvgIpc) is 2.08. The summed E-state index contributed by atoms with van der Waals surface area (Å²) in [5, 5.41) is 0.0794. The topological polar surface area (TPSA) is 17.1 Å². The van der Waals surface area contributed by atoms with E-state index in [2.05, 4.69) is 0 Å². The summed E-state index contributed by atoms with van der Waals surface area (Å²) in [5.41, 5.74) is 0.593. The van der Waals surface area contributed by atoms with Crippen LogP contribution in [0.2, 0.25) is 5.02 Å². The highest BCUT2D eigenvalue weighted by molar-refractivity contribution is 14.1. The zero-order chi connectivity index (χ0) is 10.0. The molecule has 0 bridgehead atoms. The van der Waals surface area contributed by atoms with Crippen LogP contribution >= 0.6 is 45.8 Å². The zero-order valence-electron chi connectivity index (χ0n) is 6.85. The Morgan fingerprint density at radius 3 is 2.69 bits per heavy atom. The molecule has 1 rings (SSSR count). The molecule has 0 spiro atoms. The van der Waals surface area contributed by atoms with Gasteiger partial charge in [0.2, 0.25) is 0 Å². The molecule has 0 saturated carbocycles. The van der Waals surface area contributed by atoms with Crippen molar-refractivity contribution in [2.75, 3.05) is 0 Å². The Morgan fingerprint density at radius 1 is 1.54 bits per heavy atom. The SMILES string of the molecule is CC(Cl)C(=O)c1cccc(Cl)c1I. The maximum absolute atomic E-state index is 11.5. The standard InChI is InChI=1S/C9H7Cl2IO/c1-5(10)9(13)6-3-2-4-7(11)8(6)12/h2-5H,1H3. The zero-order valence-corrected chi connectivity index (χ0v) is 10.5. The lowest BCUT2D eigenvalue weighted by atomic mass is 10.1. The van der Waals surface area contributed by atoms with E-state index in [0.717, 1.165) is 3.57 Å². The molecule has 0 aliphatic rings. The molecule has 70 valence electrons. The molecule has 1 unspecified atom stereocenters. The third-order valence-corrected chi connectivity index (χ3v) is 3.57. The van der Waals surface area contributed by atoms with Gasteiger partial charge >= 0.3 is 0 Å². The molecule has 0 aliphatic heterocycles. The molecule has 4 heteroatoms. The van der Waals surface area contributed by atoms with Crippen LogP contribution in [0, 0.1) is 3.57 Å². The second kappa shape index (κ2) is 4.62. The molecule has 0 saturated heterocycles. The molecule has 1 atom stereocenters. The fourth-order valence-electron chi connectivity index (χ4n) is 0.908. The molecule has 1 aromatic rings. The molecular weight excluding hydrogens is 322 g/mol. The molecule has 0 fully saturated rings. The lowest BCUT2D eigenvalue weighted by Crippen LogP contribution is -2.12. The van der Waals surface area contributed by atoms with Crippen molar-refractivity contribution in [1.29, 1.82) is 0 Å². The minimum absolute atomic E-state index is 0.0893. The van der Waals surface area contributed by atoms with E-state index in [9.17, 15) is 4.79 Å². The summed E-state index contributed by atoms with van der Waals surface area (Å²) < 4.78 is 0.763. The normalized spacial score (nSPS) is 12.6. The lowest BCUT2D eigenvalue weighted by Gasteiger charge is -2.05. The van der Waals surface area contributed by atoms with E-state index in [0.29, 0.717) is 10.6 Å². The molecule has 1 nitrogen and oxygen atoms in total. The van der Waals surface area contributed by atoms with E-state index in [1.807, 2.05) is 22.6 Å². The van der Waals surface area contributed by atoms with Gasteiger partial charge < -0.3 is 0 Å². The van der Waals surface area contributed by atoms with Gasteiger partial charge in [0.15, 0.2) is 5.78 Å². The molecule has 0 N–H and O–H groups in total. The number of rotatable bonds is 2. The number of carbonyl (C=O) groups excluding carboxylic acids is 1. The summed E-state index contributed by atoms with van der Waals surface area (Å²) >= 11 is 13.6. The Labute approximate surface area is 101 Å². The first-order valence-electron chi connectivity index (χ1n) is 3.66. The summed E-state index contributed by atoms with van der Waals surface area (Å²) in [6, 6.07) is 5.23. The van der Waals surface area contributed by atoms with Crippen LogP contribution in [0.15, 0.2) is 18.2 Å². The molecule has 0 amide bonds. The van der Waals surface area contributed by atoms with Gasteiger partial charge in [0.25, 0.3) is 0 Å². The smallest absolute Gasteiger partial charge is 0.181 e. The van der Waals surface area contributed by atoms with Gasteiger partial charge in [-0.15, -0.1) is 11.6 Å². The van der Waals surface area contributed by atoms with Gasteiger partial charge in [0, 0.05) is 9.13 Å². The minimum Gasteiger partial charge on any atom is -0.292 e. The van der Waals surface area contributed by atoms with Crippen molar-refractivity contribution in [3.05, 3.63) is 32.4 Å². The van der Waals surface area contributed by atoms with E-state index in [4.69, 9.17) is 23.2 Å². The van der Waals surface area contributed by atoms with E-state index < -0.39 is 5.38 Å². The molecule has 0 heterocycles. The Bertz CT molecular complexity index is 336. The summed E-state index contributed by atoms with van der Waals surface area (Å²) in [4.78, 5) is 11.5. The van der Waals surface area contributed by atoms with Crippen molar-refractivity contribution in [3.8, 4) is 0 Å². The van der Waals surface area contributed by atoms with Gasteiger partial charge in [-0.3, -0.25) is 4.79 Å². The van der Waals surface area contributed by atoms with Crippen LogP contribution in [0.25, 0.3) is 0 Å². The molecule has 0 aliphatic carbocycles. The molecule has 1 aromatic carbocycles. The van der Waals surface area contributed by atoms with Crippen molar-refractivity contribution >= 4 is 51.6 Å². The Kier molecular flexibility index (Phi) is 4.01. The monoisotopic (exact) mass is 328 g/mol. The van der Waals surface area contributed by atoms with E-state index >= 15 is 0 Å². The fraction of sp³-hybridized carbons (Fsp3) is 0.222. The highest BCUT2D eigenvalue weighted by Gasteiger charge is 2.16. The van der Waals surface area contributed by atoms with Crippen molar-refractivity contribution in [2.45, 2.75) is 12.3 Å². The number of ketones is 1. The van der Waals surface area contributed by atoms with Crippen LogP contribution in [0.3, 0.4) is 0 Å². The maximum atomic E-state index is 11.5. The second-order valence-electron chi connectivity index (χ2n) is 2.58. The van der Waals surface area contributed by atoms with E-state index in [-0.39, 0.29) is 5.78 Å². The number of halogens is 3. The van der Waals surface area contributed by atoms with Crippen LogP contribution in [0.4, 0.5) is 0 Å². The molecule has 0 aromatic heterocycles. The van der Waals surface area contributed by atoms with Crippen molar-refractivity contribution < 1.29 is 4.79 Å². The quantitative estimate of drug-likeness (QED) is 0.459. The number of carbonyl (C=O) groups is 1. The maximum Gasteiger partial charge on any atom is 0.181 e. The number of alkyl halides is 1. The summed E-state index contributed by atoms with van der Waals surface area (Å²) in [7, 11) is 0. The second-order valence-corrected chi connectivity index (χ2v) is 4.72. The highest BCUT2D eigenvalue weighted by Crippen LogP contribution is 2.23. The predicted octanol–water partition coefficient (Wildman–Crippen LogP) is 3.75. The summed E-state index contributed by atoms with van der Waals surface area (Å²) in [6.07, 6.45) is 0. The van der Waals surface area contributed by atoms with Crippen molar-refractivity contribution in [3.63, 3.8) is 0 Å². The van der Waals surface area contributed by atoms with Crippen LogP contribution in [0.5, 0.6) is 0 Å². The first-order chi connectivity index (χ1) is 6.04. The number of hydrogen-bond acceptors (Lipinski definition) is 1. The third kappa shape index (κ3) is 2.58. The number of Topliss-reactive ketones (excluding diaryl/α,β-unsaturated/α-hetero) is 1. The first kappa shape index (κ1) is 11.3. The number of hydrogen-bond donors (Lipinski definition) is 0. The fourth-order valence-corrected chi connectivity index (χ4v) is 1.83. The average molecular weight is 329 g/mol. The van der Waals surface area contributed by atoms with Crippen LogP contribution in [-0.2, 0) is 0 Å². The van der Waals surface area contributed by atoms with Gasteiger partial charge in [-0.1, -0.05) is 23.7 Å². The van der Waals surface area contributed by atoms with Gasteiger partial charge in [0.05, 0.1) is 10.4 Å². The molecule has 0 radical (unpaired) electrons. The van der Waals surface area contributed by atoms with Crippen molar-refractivity contribution in [2.24, 2.45) is 0 Å². The van der Waals surface area contributed by atoms with E-state index in [1.165, 1.54) is 0 Å². The minimum atomic E-state index is -0.507. The lowest BCUT2D eigenvalue weighted by molar-refractivity contribution is 0.0991. The van der Waals surface area contributed by atoms with Gasteiger partial charge in [0.1, 0.15) is 0 Å². The molecule has 13 heavy (non-hydrogen) atoms. The Hall–Kier alpha value is 0.200. The Balaban J connectivity index is 3.15. The van der Waals surface area contributed by atoms with Crippen molar-refractivity contribution in [1.82, 2.24) is 0 Å². The predicted molar refractivity (Wildman–Crippen MR) is 63.8 cm³/mol. The van der Waals surface area contributed by atoms with Crippen LogP contribution in [0.1, 0.15) is 17.3 Å². The van der Waals surface area contributed by atoms with Gasteiger partial charge in [-0.25, -0.2) is 0 Å². The summed E-state index contributed by atoms with van der Waals surface area (Å²) in [6.45, 7) is 1.65. The third-order valence-electron chi connectivity index (χ3n) is 1.58. The number of benzene rings is 1. The summed E-state index contributed by atoms with van der Waals surface area (Å²) in [5.74, 6) is -0.0893. The highest BCUT2D eigenvalue weighted by atomic mass is 127. The van der Waals surface area contributed by atoms with Crippen LogP contribution < -0.4 is 0 Å². The first-order valence-corrected chi connectivity index (χ1v) is 5.55. The van der Waals surface area contributed by atoms with E-state index in [1.54, 1.807) is 25.1 Å².